The van der Waals surface area contributed by atoms with E-state index in [4.69, 9.17) is 5.11 Å². The van der Waals surface area contributed by atoms with Crippen molar-refractivity contribution < 1.29 is 14.8 Å². The van der Waals surface area contributed by atoms with Gasteiger partial charge in [-0.2, -0.15) is 0 Å². The highest BCUT2D eigenvalue weighted by Gasteiger charge is 2.12. The summed E-state index contributed by atoms with van der Waals surface area (Å²) < 4.78 is 0.414. The van der Waals surface area contributed by atoms with Gasteiger partial charge in [-0.25, -0.2) is 4.79 Å². The van der Waals surface area contributed by atoms with Crippen LogP contribution >= 0.6 is 27.3 Å². The molecule has 0 amide bonds. The van der Waals surface area contributed by atoms with Crippen LogP contribution in [0, 0.1) is 10.1 Å². The molecule has 0 fully saturated rings. The number of nitrogens with one attached hydrogen (secondary N) is 1. The van der Waals surface area contributed by atoms with Crippen molar-refractivity contribution in [3.05, 3.63) is 54.7 Å². The number of nitrogens with zero attached hydrogens (tertiary/aromatic N) is 1. The molecule has 0 aliphatic rings. The zero-order chi connectivity index (χ0) is 14.7. The van der Waals surface area contributed by atoms with Gasteiger partial charge in [-0.05, 0) is 34.1 Å². The Labute approximate surface area is 126 Å². The molecule has 6 nitrogen and oxygen atoms in total. The molecule has 0 atom stereocenters. The molecule has 0 aliphatic carbocycles. The van der Waals surface area contributed by atoms with E-state index in [2.05, 4.69) is 21.2 Å². The van der Waals surface area contributed by atoms with Crippen LogP contribution in [0.5, 0.6) is 0 Å². The number of carboxylic acid groups (broad SMARTS) is 1. The van der Waals surface area contributed by atoms with Crippen molar-refractivity contribution in [1.82, 2.24) is 0 Å². The lowest BCUT2D eigenvalue weighted by Crippen LogP contribution is -1.99. The Balaban J connectivity index is 2.08. The van der Waals surface area contributed by atoms with Crippen LogP contribution < -0.4 is 5.32 Å². The van der Waals surface area contributed by atoms with Gasteiger partial charge in [0.05, 0.1) is 15.0 Å². The molecule has 20 heavy (non-hydrogen) atoms. The first-order chi connectivity index (χ1) is 9.47. The van der Waals surface area contributed by atoms with Crippen LogP contribution in [0.25, 0.3) is 0 Å². The number of nitro groups is 1. The lowest BCUT2D eigenvalue weighted by Gasteiger charge is -2.05. The number of rotatable bonds is 5. The number of carboxylic acids is 1. The molecule has 0 unspecified atom stereocenters. The molecule has 1 aromatic heterocycles. The van der Waals surface area contributed by atoms with E-state index in [1.807, 2.05) is 0 Å². The maximum absolute atomic E-state index is 10.8. The summed E-state index contributed by atoms with van der Waals surface area (Å²) in [6.45, 7) is 0.413. The normalized spacial score (nSPS) is 10.2. The van der Waals surface area contributed by atoms with Crippen LogP contribution in [0.4, 0.5) is 11.4 Å². The van der Waals surface area contributed by atoms with Crippen molar-refractivity contribution in [2.75, 3.05) is 5.32 Å². The zero-order valence-electron chi connectivity index (χ0n) is 10.00. The highest BCUT2D eigenvalue weighted by molar-refractivity contribution is 9.10. The second kappa shape index (κ2) is 6.02. The highest BCUT2D eigenvalue weighted by Crippen LogP contribution is 2.28. The molecule has 0 spiro atoms. The SMILES string of the molecule is O=C(O)c1csc(CNc2ccc(Br)c([N+](=O)[O-])c2)c1. The molecule has 0 saturated carbocycles. The van der Waals surface area contributed by atoms with E-state index in [1.54, 1.807) is 23.6 Å². The predicted molar refractivity (Wildman–Crippen MR) is 79.4 cm³/mol. The van der Waals surface area contributed by atoms with Crippen molar-refractivity contribution in [3.63, 3.8) is 0 Å². The molecule has 0 bridgehead atoms. The van der Waals surface area contributed by atoms with Gasteiger partial charge in [-0.15, -0.1) is 11.3 Å². The molecular formula is C12H9BrN2O4S. The first kappa shape index (κ1) is 14.5. The zero-order valence-corrected chi connectivity index (χ0v) is 12.4. The maximum Gasteiger partial charge on any atom is 0.336 e. The Morgan fingerprint density at radius 1 is 1.45 bits per heavy atom. The van der Waals surface area contributed by atoms with Gasteiger partial charge in [0.1, 0.15) is 0 Å². The van der Waals surface area contributed by atoms with Crippen LogP contribution in [0.15, 0.2) is 34.1 Å². The minimum Gasteiger partial charge on any atom is -0.478 e. The standard InChI is InChI=1S/C12H9BrN2O4S/c13-10-2-1-8(4-11(10)15(18)19)14-5-9-3-7(6-20-9)12(16)17/h1-4,6,14H,5H2,(H,16,17). The minimum absolute atomic E-state index is 0.0209. The second-order valence-electron chi connectivity index (χ2n) is 3.88. The Bertz CT molecular complexity index is 671. The molecule has 2 aromatic rings. The predicted octanol–water partition coefficient (Wildman–Crippen LogP) is 3.73. The fraction of sp³-hybridized carbons (Fsp3) is 0.0833. The van der Waals surface area contributed by atoms with E-state index >= 15 is 0 Å². The smallest absolute Gasteiger partial charge is 0.336 e. The average molecular weight is 357 g/mol. The van der Waals surface area contributed by atoms with Crippen molar-refractivity contribution >= 4 is 44.6 Å². The number of aromatic carboxylic acids is 1. The van der Waals surface area contributed by atoms with E-state index in [0.29, 0.717) is 16.7 Å². The molecule has 1 heterocycles. The van der Waals surface area contributed by atoms with Gasteiger partial charge in [0, 0.05) is 28.6 Å². The van der Waals surface area contributed by atoms with E-state index in [-0.39, 0.29) is 11.3 Å². The Hall–Kier alpha value is -1.93. The summed E-state index contributed by atoms with van der Waals surface area (Å²) in [5, 5.41) is 24.2. The highest BCUT2D eigenvalue weighted by atomic mass is 79.9. The van der Waals surface area contributed by atoms with Gasteiger partial charge in [-0.1, -0.05) is 0 Å². The first-order valence-electron chi connectivity index (χ1n) is 5.46. The number of hydrogen-bond acceptors (Lipinski definition) is 5. The van der Waals surface area contributed by atoms with Crippen LogP contribution in [0.2, 0.25) is 0 Å². The molecule has 104 valence electrons. The summed E-state index contributed by atoms with van der Waals surface area (Å²) in [6.07, 6.45) is 0. The van der Waals surface area contributed by atoms with Crippen LogP contribution in [0.1, 0.15) is 15.2 Å². The molecule has 1 aromatic carbocycles. The van der Waals surface area contributed by atoms with E-state index in [0.717, 1.165) is 4.88 Å². The molecule has 2 N–H and O–H groups in total. The van der Waals surface area contributed by atoms with Gasteiger partial charge in [0.15, 0.2) is 0 Å². The number of nitro benzene ring substituents is 1. The number of hydrogen-bond donors (Lipinski definition) is 2. The average Bonchev–Trinajstić information content (AvgIpc) is 2.86. The summed E-state index contributed by atoms with van der Waals surface area (Å²) in [6, 6.07) is 6.31. The van der Waals surface area contributed by atoms with Crippen molar-refractivity contribution in [3.8, 4) is 0 Å². The largest absolute Gasteiger partial charge is 0.478 e. The molecule has 2 rings (SSSR count). The van der Waals surface area contributed by atoms with Crippen molar-refractivity contribution in [2.24, 2.45) is 0 Å². The summed E-state index contributed by atoms with van der Waals surface area (Å²) in [5.74, 6) is -0.966. The number of halogens is 1. The molecular weight excluding hydrogens is 348 g/mol. The molecule has 0 aliphatic heterocycles. The second-order valence-corrected chi connectivity index (χ2v) is 5.73. The third-order valence-electron chi connectivity index (χ3n) is 2.51. The quantitative estimate of drug-likeness (QED) is 0.628. The fourth-order valence-electron chi connectivity index (χ4n) is 1.54. The third kappa shape index (κ3) is 3.34. The van der Waals surface area contributed by atoms with E-state index in [9.17, 15) is 14.9 Å². The van der Waals surface area contributed by atoms with Gasteiger partial charge in [-0.3, -0.25) is 10.1 Å². The summed E-state index contributed by atoms with van der Waals surface area (Å²) in [4.78, 5) is 21.9. The number of thiophene rings is 1. The number of anilines is 1. The Morgan fingerprint density at radius 2 is 2.20 bits per heavy atom. The van der Waals surface area contributed by atoms with Crippen LogP contribution in [0.3, 0.4) is 0 Å². The van der Waals surface area contributed by atoms with Crippen LogP contribution in [-0.4, -0.2) is 16.0 Å². The Kier molecular flexibility index (Phi) is 4.35. The Morgan fingerprint density at radius 3 is 2.80 bits per heavy atom. The van der Waals surface area contributed by atoms with Crippen molar-refractivity contribution in [1.29, 1.82) is 0 Å². The van der Waals surface area contributed by atoms with Gasteiger partial charge >= 0.3 is 5.97 Å². The molecule has 0 saturated heterocycles. The molecule has 8 heteroatoms. The van der Waals surface area contributed by atoms with E-state index < -0.39 is 10.9 Å². The fourth-order valence-corrected chi connectivity index (χ4v) is 2.73. The number of carbonyl (C=O) groups is 1. The summed E-state index contributed by atoms with van der Waals surface area (Å²) in [5.41, 5.74) is 0.825. The lowest BCUT2D eigenvalue weighted by atomic mass is 10.2. The van der Waals surface area contributed by atoms with Crippen LogP contribution in [-0.2, 0) is 6.54 Å². The number of benzene rings is 1. The van der Waals surface area contributed by atoms with Gasteiger partial charge < -0.3 is 10.4 Å². The summed E-state index contributed by atoms with van der Waals surface area (Å²) >= 11 is 4.44. The topological polar surface area (TPSA) is 92.5 Å². The van der Waals surface area contributed by atoms with Gasteiger partial charge in [0.2, 0.25) is 0 Å². The third-order valence-corrected chi connectivity index (χ3v) is 4.12. The van der Waals surface area contributed by atoms with Gasteiger partial charge in [0.25, 0.3) is 5.69 Å². The van der Waals surface area contributed by atoms with Crippen molar-refractivity contribution in [2.45, 2.75) is 6.54 Å². The first-order valence-corrected chi connectivity index (χ1v) is 7.13. The summed E-state index contributed by atoms with van der Waals surface area (Å²) in [7, 11) is 0. The minimum atomic E-state index is -0.966. The maximum atomic E-state index is 10.8. The molecule has 0 radical (unpaired) electrons. The van der Waals surface area contributed by atoms with E-state index in [1.165, 1.54) is 17.4 Å². The monoisotopic (exact) mass is 356 g/mol. The lowest BCUT2D eigenvalue weighted by molar-refractivity contribution is -0.385.